The van der Waals surface area contributed by atoms with E-state index < -0.39 is 10.0 Å². The minimum Gasteiger partial charge on any atom is -0.355 e. The van der Waals surface area contributed by atoms with Crippen LogP contribution in [0.1, 0.15) is 31.7 Å². The van der Waals surface area contributed by atoms with E-state index in [9.17, 15) is 13.2 Å². The second kappa shape index (κ2) is 11.6. The molecule has 1 N–H and O–H groups in total. The van der Waals surface area contributed by atoms with E-state index in [-0.39, 0.29) is 33.9 Å². The second-order valence-electron chi connectivity index (χ2n) is 6.71. The summed E-state index contributed by atoms with van der Waals surface area (Å²) in [6.07, 6.45) is 3.38. The zero-order chi connectivity index (χ0) is 21.3. The fraction of sp³-hybridized carbons (Fsp3) is 0.381. The van der Waals surface area contributed by atoms with E-state index in [0.29, 0.717) is 13.0 Å². The van der Waals surface area contributed by atoms with Gasteiger partial charge in [-0.3, -0.25) is 4.79 Å². The van der Waals surface area contributed by atoms with E-state index in [1.54, 1.807) is 0 Å². The number of halogens is 2. The smallest absolute Gasteiger partial charge is 0.245 e. The van der Waals surface area contributed by atoms with Gasteiger partial charge in [-0.15, -0.1) is 0 Å². The van der Waals surface area contributed by atoms with E-state index >= 15 is 0 Å². The van der Waals surface area contributed by atoms with Gasteiger partial charge in [0.25, 0.3) is 0 Å². The molecule has 2 aromatic carbocycles. The Morgan fingerprint density at radius 3 is 2.48 bits per heavy atom. The highest BCUT2D eigenvalue weighted by molar-refractivity contribution is 7.89. The molecule has 2 aromatic rings. The number of nitrogens with one attached hydrogen (secondary N) is 1. The molecule has 0 radical (unpaired) electrons. The maximum Gasteiger partial charge on any atom is 0.245 e. The first-order chi connectivity index (χ1) is 13.8. The summed E-state index contributed by atoms with van der Waals surface area (Å²) in [6.45, 7) is 2.48. The Kier molecular flexibility index (Phi) is 9.43. The molecule has 0 aliphatic rings. The zero-order valence-electron chi connectivity index (χ0n) is 16.4. The third-order valence-corrected chi connectivity index (χ3v) is 6.99. The van der Waals surface area contributed by atoms with E-state index in [4.69, 9.17) is 23.2 Å². The summed E-state index contributed by atoms with van der Waals surface area (Å²) >= 11 is 12.1. The van der Waals surface area contributed by atoms with Crippen molar-refractivity contribution < 1.29 is 13.2 Å². The summed E-state index contributed by atoms with van der Waals surface area (Å²) in [5.74, 6) is -0.337. The molecule has 0 heterocycles. The molecule has 1 amide bonds. The molecule has 158 valence electrons. The van der Waals surface area contributed by atoms with Crippen LogP contribution >= 0.6 is 23.2 Å². The first-order valence-corrected chi connectivity index (χ1v) is 11.8. The Labute approximate surface area is 183 Å². The number of hydrogen-bond acceptors (Lipinski definition) is 3. The number of hydrogen-bond donors (Lipinski definition) is 1. The van der Waals surface area contributed by atoms with Crippen LogP contribution in [0.4, 0.5) is 0 Å². The third-order valence-electron chi connectivity index (χ3n) is 4.43. The Balaban J connectivity index is 2.20. The van der Waals surface area contributed by atoms with Crippen molar-refractivity contribution in [3.05, 3.63) is 64.1 Å². The normalized spacial score (nSPS) is 11.6. The van der Waals surface area contributed by atoms with Crippen molar-refractivity contribution in [2.75, 3.05) is 19.6 Å². The third kappa shape index (κ3) is 7.30. The lowest BCUT2D eigenvalue weighted by Gasteiger charge is -2.22. The van der Waals surface area contributed by atoms with Crippen LogP contribution in [-0.4, -0.2) is 38.3 Å². The number of amides is 1. The lowest BCUT2D eigenvalue weighted by molar-refractivity contribution is -0.121. The van der Waals surface area contributed by atoms with E-state index in [2.05, 4.69) is 12.2 Å². The van der Waals surface area contributed by atoms with Gasteiger partial charge in [0, 0.05) is 18.1 Å². The van der Waals surface area contributed by atoms with Gasteiger partial charge in [-0.2, -0.15) is 4.31 Å². The predicted molar refractivity (Wildman–Crippen MR) is 118 cm³/mol. The maximum absolute atomic E-state index is 13.2. The van der Waals surface area contributed by atoms with Crippen molar-refractivity contribution in [2.45, 2.75) is 37.5 Å². The van der Waals surface area contributed by atoms with Gasteiger partial charge < -0.3 is 5.32 Å². The van der Waals surface area contributed by atoms with Crippen LogP contribution in [0.3, 0.4) is 0 Å². The fourth-order valence-corrected chi connectivity index (χ4v) is 4.95. The van der Waals surface area contributed by atoms with Gasteiger partial charge in [0.1, 0.15) is 4.90 Å². The van der Waals surface area contributed by atoms with Gasteiger partial charge in [-0.1, -0.05) is 73.3 Å². The number of unbranched alkanes of at least 4 members (excludes halogenated alkanes) is 2. The average Bonchev–Trinajstić information content (AvgIpc) is 2.70. The van der Waals surface area contributed by atoms with Crippen LogP contribution in [0, 0.1) is 0 Å². The van der Waals surface area contributed by atoms with E-state index in [1.165, 1.54) is 18.2 Å². The number of nitrogens with zero attached hydrogens (tertiary/aromatic N) is 1. The van der Waals surface area contributed by atoms with Crippen LogP contribution in [0.25, 0.3) is 0 Å². The lowest BCUT2D eigenvalue weighted by atomic mass is 10.1. The van der Waals surface area contributed by atoms with Crippen molar-refractivity contribution in [3.63, 3.8) is 0 Å². The summed E-state index contributed by atoms with van der Waals surface area (Å²) in [5.41, 5.74) is 0.980. The Morgan fingerprint density at radius 1 is 1.07 bits per heavy atom. The van der Waals surface area contributed by atoms with E-state index in [0.717, 1.165) is 29.1 Å². The van der Waals surface area contributed by atoms with Crippen LogP contribution < -0.4 is 5.32 Å². The molecule has 0 unspecified atom stereocenters. The van der Waals surface area contributed by atoms with E-state index in [1.807, 2.05) is 30.3 Å². The molecule has 0 aromatic heterocycles. The summed E-state index contributed by atoms with van der Waals surface area (Å²) in [4.78, 5) is 12.3. The number of benzene rings is 2. The van der Waals surface area contributed by atoms with Gasteiger partial charge in [0.05, 0.1) is 11.6 Å². The van der Waals surface area contributed by atoms with Crippen LogP contribution in [0.5, 0.6) is 0 Å². The first-order valence-electron chi connectivity index (χ1n) is 9.60. The molecule has 8 heteroatoms. The van der Waals surface area contributed by atoms with Crippen molar-refractivity contribution in [3.8, 4) is 0 Å². The van der Waals surface area contributed by atoms with Crippen molar-refractivity contribution in [2.24, 2.45) is 0 Å². The molecule has 0 aliphatic heterocycles. The molecule has 0 atom stereocenters. The number of carbonyl (C=O) groups excluding carboxylic acids is 1. The maximum atomic E-state index is 13.2. The largest absolute Gasteiger partial charge is 0.355 e. The summed E-state index contributed by atoms with van der Waals surface area (Å²) in [6, 6.07) is 13.8. The summed E-state index contributed by atoms with van der Waals surface area (Å²) in [5, 5.41) is 3.13. The van der Waals surface area contributed by atoms with Gasteiger partial charge >= 0.3 is 0 Å². The quantitative estimate of drug-likeness (QED) is 0.504. The van der Waals surface area contributed by atoms with Crippen molar-refractivity contribution in [1.82, 2.24) is 9.62 Å². The fourth-order valence-electron chi connectivity index (χ4n) is 2.82. The molecular weight excluding hydrogens is 431 g/mol. The molecule has 5 nitrogen and oxygen atoms in total. The van der Waals surface area contributed by atoms with Gasteiger partial charge in [-0.05, 0) is 36.6 Å². The number of sulfonamides is 1. The monoisotopic (exact) mass is 456 g/mol. The minimum atomic E-state index is -4.00. The highest BCUT2D eigenvalue weighted by atomic mass is 35.5. The molecule has 0 bridgehead atoms. The van der Waals surface area contributed by atoms with Crippen LogP contribution in [0.2, 0.25) is 10.0 Å². The molecule has 0 fully saturated rings. The van der Waals surface area contributed by atoms with Crippen molar-refractivity contribution in [1.29, 1.82) is 0 Å². The first kappa shape index (κ1) is 23.7. The zero-order valence-corrected chi connectivity index (χ0v) is 18.7. The minimum absolute atomic E-state index is 0.0717. The molecule has 0 saturated heterocycles. The standard InChI is InChI=1S/C21H26Cl2N2O3S/c1-2-3-7-13-24-21(26)16-25(14-12-17-8-5-4-6-9-17)29(27,28)20-15-18(22)10-11-19(20)23/h4-6,8-11,15H,2-3,7,12-14,16H2,1H3,(H,24,26). The van der Waals surface area contributed by atoms with Crippen LogP contribution in [0.15, 0.2) is 53.4 Å². The molecule has 0 saturated carbocycles. The molecule has 29 heavy (non-hydrogen) atoms. The lowest BCUT2D eigenvalue weighted by Crippen LogP contribution is -2.42. The predicted octanol–water partition coefficient (Wildman–Crippen LogP) is 4.53. The molecule has 2 rings (SSSR count). The summed E-state index contributed by atoms with van der Waals surface area (Å²) in [7, 11) is -4.00. The topological polar surface area (TPSA) is 66.5 Å². The highest BCUT2D eigenvalue weighted by Gasteiger charge is 2.28. The summed E-state index contributed by atoms with van der Waals surface area (Å²) < 4.78 is 27.6. The Bertz CT molecular complexity index is 905. The molecule has 0 aliphatic carbocycles. The highest BCUT2D eigenvalue weighted by Crippen LogP contribution is 2.27. The SMILES string of the molecule is CCCCCNC(=O)CN(CCc1ccccc1)S(=O)(=O)c1cc(Cl)ccc1Cl. The molecule has 0 spiro atoms. The number of carbonyl (C=O) groups is 1. The number of rotatable bonds is 11. The second-order valence-corrected chi connectivity index (χ2v) is 9.46. The Hall–Kier alpha value is -1.60. The Morgan fingerprint density at radius 2 is 1.79 bits per heavy atom. The molecular formula is C21H26Cl2N2O3S. The van der Waals surface area contributed by atoms with Gasteiger partial charge in [-0.25, -0.2) is 8.42 Å². The van der Waals surface area contributed by atoms with Gasteiger partial charge in [0.2, 0.25) is 15.9 Å². The van der Waals surface area contributed by atoms with Crippen molar-refractivity contribution >= 4 is 39.1 Å². The average molecular weight is 457 g/mol. The van der Waals surface area contributed by atoms with Crippen LogP contribution in [-0.2, 0) is 21.2 Å². The van der Waals surface area contributed by atoms with Gasteiger partial charge in [0.15, 0.2) is 0 Å².